The number of benzene rings is 1. The SMILES string of the molecule is CC#C[C@]1(O)CC[C@H]2[C@@H]3CCC4=CC(=O)CCC4=C3[C@@H](c3ccc(N(C)C4CCCCC4)cc3)C[C@@H]21. The van der Waals surface area contributed by atoms with Crippen LogP contribution < -0.4 is 4.90 Å². The van der Waals surface area contributed by atoms with Crippen molar-refractivity contribution < 1.29 is 9.90 Å². The van der Waals surface area contributed by atoms with Gasteiger partial charge in [0.05, 0.1) is 0 Å². The minimum absolute atomic E-state index is 0.227. The van der Waals surface area contributed by atoms with E-state index in [0.29, 0.717) is 36.0 Å². The van der Waals surface area contributed by atoms with E-state index in [1.807, 2.05) is 13.0 Å². The highest BCUT2D eigenvalue weighted by Crippen LogP contribution is 2.61. The van der Waals surface area contributed by atoms with Crippen molar-refractivity contribution in [3.05, 3.63) is 52.6 Å². The predicted octanol–water partition coefficient (Wildman–Crippen LogP) is 6.72. The molecule has 3 fully saturated rings. The van der Waals surface area contributed by atoms with Gasteiger partial charge in [0, 0.05) is 37.0 Å². The van der Waals surface area contributed by atoms with Crippen molar-refractivity contribution in [3.63, 3.8) is 0 Å². The number of carbonyl (C=O) groups excluding carboxylic acids is 1. The van der Waals surface area contributed by atoms with Gasteiger partial charge in [0.15, 0.2) is 5.78 Å². The zero-order chi connectivity index (χ0) is 24.9. The zero-order valence-corrected chi connectivity index (χ0v) is 22.1. The van der Waals surface area contributed by atoms with Gasteiger partial charge in [-0.15, -0.1) is 5.92 Å². The molecule has 0 bridgehead atoms. The molecule has 0 unspecified atom stereocenters. The molecule has 36 heavy (non-hydrogen) atoms. The Balaban J connectivity index is 1.38. The van der Waals surface area contributed by atoms with Crippen LogP contribution in [0.3, 0.4) is 0 Å². The van der Waals surface area contributed by atoms with Gasteiger partial charge in [0.1, 0.15) is 5.60 Å². The molecule has 3 heteroatoms. The second-order valence-electron chi connectivity index (χ2n) is 12.1. The van der Waals surface area contributed by atoms with Crippen LogP contribution in [0.5, 0.6) is 0 Å². The van der Waals surface area contributed by atoms with Crippen molar-refractivity contribution in [1.29, 1.82) is 0 Å². The third-order valence-electron chi connectivity index (χ3n) is 10.4. The van der Waals surface area contributed by atoms with Crippen LogP contribution in [0.1, 0.15) is 95.5 Å². The molecule has 0 amide bonds. The second kappa shape index (κ2) is 9.53. The standard InChI is InChI=1S/C33H41NO2/c1-3-18-33(36)19-17-28-29-15-11-23-20-26(35)14-16-27(23)32(29)30(21-31(28)33)22-9-12-25(13-10-22)34(2)24-7-5-4-6-8-24/h9-10,12-13,20,24,28-31,36H,4-8,11,14-17,19,21H2,1-2H3/t28-,29-,30+,31-,33-/m0/s1. The number of anilines is 1. The van der Waals surface area contributed by atoms with Crippen molar-refractivity contribution in [2.45, 2.75) is 102 Å². The quantitative estimate of drug-likeness (QED) is 0.485. The lowest BCUT2D eigenvalue weighted by atomic mass is 9.57. The molecule has 6 rings (SSSR count). The molecule has 5 aliphatic carbocycles. The summed E-state index contributed by atoms with van der Waals surface area (Å²) in [6, 6.07) is 10.0. The van der Waals surface area contributed by atoms with Crippen LogP contribution in [-0.2, 0) is 4.79 Å². The van der Waals surface area contributed by atoms with Gasteiger partial charge >= 0.3 is 0 Å². The molecular weight excluding hydrogens is 442 g/mol. The highest BCUT2D eigenvalue weighted by molar-refractivity contribution is 5.93. The lowest BCUT2D eigenvalue weighted by Crippen LogP contribution is -2.42. The van der Waals surface area contributed by atoms with Gasteiger partial charge in [0.2, 0.25) is 0 Å². The summed E-state index contributed by atoms with van der Waals surface area (Å²) in [7, 11) is 2.26. The van der Waals surface area contributed by atoms with Crippen molar-refractivity contribution in [2.24, 2.45) is 17.8 Å². The van der Waals surface area contributed by atoms with Crippen molar-refractivity contribution in [1.82, 2.24) is 0 Å². The number of fused-ring (bicyclic) bond motifs is 4. The molecule has 0 aliphatic heterocycles. The predicted molar refractivity (Wildman–Crippen MR) is 146 cm³/mol. The highest BCUT2D eigenvalue weighted by Gasteiger charge is 2.55. The topological polar surface area (TPSA) is 40.5 Å². The van der Waals surface area contributed by atoms with Crippen molar-refractivity contribution in [2.75, 3.05) is 11.9 Å². The average Bonchev–Trinajstić information content (AvgIpc) is 3.24. The maximum absolute atomic E-state index is 12.2. The smallest absolute Gasteiger partial charge is 0.156 e. The number of aliphatic hydroxyl groups is 1. The number of ketones is 1. The molecule has 0 heterocycles. The molecular formula is C33H41NO2. The monoisotopic (exact) mass is 483 g/mol. The second-order valence-corrected chi connectivity index (χ2v) is 12.1. The molecule has 0 saturated heterocycles. The summed E-state index contributed by atoms with van der Waals surface area (Å²) in [5.41, 5.74) is 6.22. The maximum atomic E-state index is 12.2. The van der Waals surface area contributed by atoms with Crippen molar-refractivity contribution >= 4 is 11.5 Å². The first-order chi connectivity index (χ1) is 17.5. The van der Waals surface area contributed by atoms with Crippen LogP contribution in [0.4, 0.5) is 5.69 Å². The van der Waals surface area contributed by atoms with Gasteiger partial charge in [-0.3, -0.25) is 4.79 Å². The maximum Gasteiger partial charge on any atom is 0.156 e. The average molecular weight is 484 g/mol. The third-order valence-corrected chi connectivity index (χ3v) is 10.4. The number of hydrogen-bond acceptors (Lipinski definition) is 3. The Morgan fingerprint density at radius 3 is 2.53 bits per heavy atom. The number of hydrogen-bond donors (Lipinski definition) is 1. The fourth-order valence-corrected chi connectivity index (χ4v) is 8.59. The first kappa shape index (κ1) is 24.1. The van der Waals surface area contributed by atoms with Crippen LogP contribution in [0.15, 0.2) is 47.1 Å². The largest absolute Gasteiger partial charge is 0.377 e. The number of nitrogens with zero attached hydrogens (tertiary/aromatic N) is 1. The molecule has 0 aromatic heterocycles. The summed E-state index contributed by atoms with van der Waals surface area (Å²) in [6.07, 6.45) is 15.1. The Kier molecular flexibility index (Phi) is 6.37. The van der Waals surface area contributed by atoms with Crippen molar-refractivity contribution in [3.8, 4) is 11.8 Å². The summed E-state index contributed by atoms with van der Waals surface area (Å²) in [5, 5.41) is 11.6. The Morgan fingerprint density at radius 1 is 1.00 bits per heavy atom. The molecule has 1 aromatic rings. The van der Waals surface area contributed by atoms with E-state index in [1.165, 1.54) is 54.5 Å². The highest BCUT2D eigenvalue weighted by atomic mass is 16.3. The molecule has 190 valence electrons. The van der Waals surface area contributed by atoms with E-state index in [-0.39, 0.29) is 5.92 Å². The third kappa shape index (κ3) is 4.06. The summed E-state index contributed by atoms with van der Waals surface area (Å²) in [6.45, 7) is 1.86. The molecule has 1 aromatic carbocycles. The first-order valence-corrected chi connectivity index (χ1v) is 14.4. The minimum atomic E-state index is -0.854. The molecule has 0 spiro atoms. The van der Waals surface area contributed by atoms with Crippen LogP contribution in [-0.4, -0.2) is 29.6 Å². The lowest BCUT2D eigenvalue weighted by Gasteiger charge is -2.48. The zero-order valence-electron chi connectivity index (χ0n) is 22.1. The Labute approximate surface area is 217 Å². The van der Waals surface area contributed by atoms with Gasteiger partial charge in [-0.2, -0.15) is 0 Å². The van der Waals surface area contributed by atoms with Crippen LogP contribution in [0.2, 0.25) is 0 Å². The Bertz CT molecular complexity index is 1140. The fourth-order valence-electron chi connectivity index (χ4n) is 8.59. The van der Waals surface area contributed by atoms with E-state index >= 15 is 0 Å². The molecule has 5 atom stereocenters. The van der Waals surface area contributed by atoms with E-state index in [2.05, 4.69) is 48.1 Å². The summed E-state index contributed by atoms with van der Waals surface area (Å²) in [5.74, 6) is 8.12. The fraction of sp³-hybridized carbons (Fsp3) is 0.606. The summed E-state index contributed by atoms with van der Waals surface area (Å²) in [4.78, 5) is 14.7. The van der Waals surface area contributed by atoms with Gasteiger partial charge in [-0.05, 0) is 105 Å². The van der Waals surface area contributed by atoms with Crippen LogP contribution in [0, 0.1) is 29.6 Å². The Hall–Kier alpha value is -2.31. The van der Waals surface area contributed by atoms with Gasteiger partial charge in [0.25, 0.3) is 0 Å². The molecule has 3 saturated carbocycles. The number of rotatable bonds is 3. The number of carbonyl (C=O) groups is 1. The van der Waals surface area contributed by atoms with E-state index in [1.54, 1.807) is 5.57 Å². The Morgan fingerprint density at radius 2 is 1.78 bits per heavy atom. The van der Waals surface area contributed by atoms with Gasteiger partial charge < -0.3 is 10.0 Å². The van der Waals surface area contributed by atoms with E-state index in [9.17, 15) is 9.90 Å². The molecule has 1 N–H and O–H groups in total. The summed E-state index contributed by atoms with van der Waals surface area (Å²) >= 11 is 0. The van der Waals surface area contributed by atoms with Crippen LogP contribution >= 0.6 is 0 Å². The van der Waals surface area contributed by atoms with Crippen LogP contribution in [0.25, 0.3) is 0 Å². The minimum Gasteiger partial charge on any atom is -0.377 e. The van der Waals surface area contributed by atoms with E-state index < -0.39 is 5.60 Å². The summed E-state index contributed by atoms with van der Waals surface area (Å²) < 4.78 is 0. The number of allylic oxidation sites excluding steroid dienone is 4. The van der Waals surface area contributed by atoms with E-state index in [4.69, 9.17) is 0 Å². The molecule has 0 radical (unpaired) electrons. The molecule has 3 nitrogen and oxygen atoms in total. The first-order valence-electron chi connectivity index (χ1n) is 14.4. The van der Waals surface area contributed by atoms with Gasteiger partial charge in [-0.25, -0.2) is 0 Å². The normalized spacial score (nSPS) is 34.2. The lowest BCUT2D eigenvalue weighted by molar-refractivity contribution is -0.114. The van der Waals surface area contributed by atoms with E-state index in [0.717, 1.165) is 38.5 Å². The molecule has 5 aliphatic rings. The van der Waals surface area contributed by atoms with Gasteiger partial charge in [-0.1, -0.05) is 42.9 Å².